The van der Waals surface area contributed by atoms with Crippen molar-refractivity contribution in [1.82, 2.24) is 15.7 Å². The maximum absolute atomic E-state index is 14.0. The maximum Gasteiger partial charge on any atom is 0.416 e. The van der Waals surface area contributed by atoms with Crippen LogP contribution in [-0.4, -0.2) is 42.0 Å². The maximum atomic E-state index is 14.0. The van der Waals surface area contributed by atoms with E-state index in [4.69, 9.17) is 4.84 Å². The molecule has 2 aromatic carbocycles. The van der Waals surface area contributed by atoms with Crippen LogP contribution in [0.2, 0.25) is 0 Å². The fourth-order valence-corrected chi connectivity index (χ4v) is 7.88. The molecule has 3 fully saturated rings. The van der Waals surface area contributed by atoms with Crippen molar-refractivity contribution in [3.63, 3.8) is 0 Å². The van der Waals surface area contributed by atoms with Gasteiger partial charge in [0.2, 0.25) is 5.91 Å². The second-order valence-electron chi connectivity index (χ2n) is 12.4. The van der Waals surface area contributed by atoms with Crippen molar-refractivity contribution >= 4 is 26.3 Å². The van der Waals surface area contributed by atoms with Crippen molar-refractivity contribution < 1.29 is 27.2 Å². The van der Waals surface area contributed by atoms with Gasteiger partial charge in [0.15, 0.2) is 6.23 Å². The van der Waals surface area contributed by atoms with Gasteiger partial charge in [0.25, 0.3) is 0 Å². The molecule has 11 heteroatoms. The number of likely N-dealkylation sites (tertiary alicyclic amines) is 1. The third kappa shape index (κ3) is 6.08. The van der Waals surface area contributed by atoms with Crippen molar-refractivity contribution in [3.05, 3.63) is 65.0 Å². The predicted molar refractivity (Wildman–Crippen MR) is 155 cm³/mol. The molecule has 2 saturated carbocycles. The molecule has 2 N–H and O–H groups in total. The van der Waals surface area contributed by atoms with Crippen molar-refractivity contribution in [3.8, 4) is 0 Å². The Kier molecular flexibility index (Phi) is 8.09. The number of nitrogens with zero attached hydrogens (tertiary/aromatic N) is 2. The van der Waals surface area contributed by atoms with Crippen LogP contribution in [0.25, 0.3) is 0 Å². The third-order valence-electron chi connectivity index (χ3n) is 9.72. The Morgan fingerprint density at radius 2 is 1.90 bits per heavy atom. The third-order valence-corrected chi connectivity index (χ3v) is 10.1. The van der Waals surface area contributed by atoms with E-state index in [1.54, 1.807) is 6.07 Å². The van der Waals surface area contributed by atoms with Gasteiger partial charge in [-0.3, -0.25) is 10.3 Å². The second kappa shape index (κ2) is 11.5. The molecule has 1 saturated heterocycles. The molecule has 6 atom stereocenters. The number of hydroxylamine groups is 1. The average molecular weight is 605 g/mol. The highest BCUT2D eigenvalue weighted by molar-refractivity contribution is 7.27. The van der Waals surface area contributed by atoms with Crippen LogP contribution < -0.4 is 16.1 Å². The molecule has 2 heterocycles. The number of hydrogen-bond acceptors (Lipinski definition) is 5. The van der Waals surface area contributed by atoms with Crippen LogP contribution in [0.3, 0.4) is 0 Å². The van der Waals surface area contributed by atoms with Crippen molar-refractivity contribution in [2.75, 3.05) is 13.1 Å². The molecule has 1 amide bonds. The summed E-state index contributed by atoms with van der Waals surface area (Å²) in [6.07, 6.45) is 0.340. The van der Waals surface area contributed by atoms with E-state index in [9.17, 15) is 22.4 Å². The predicted octanol–water partition coefficient (Wildman–Crippen LogP) is 5.30. The Morgan fingerprint density at radius 1 is 1.17 bits per heavy atom. The Labute approximate surface area is 245 Å². The summed E-state index contributed by atoms with van der Waals surface area (Å²) in [5.41, 5.74) is 3.07. The van der Waals surface area contributed by atoms with Gasteiger partial charge in [-0.2, -0.15) is 13.2 Å². The first-order chi connectivity index (χ1) is 20.0. The summed E-state index contributed by atoms with van der Waals surface area (Å²) in [5, 5.41) is 3.45. The Bertz CT molecular complexity index is 1350. The number of alkyl halides is 3. The largest absolute Gasteiger partial charge is 0.416 e. The van der Waals surface area contributed by atoms with Gasteiger partial charge in [-0.1, -0.05) is 18.2 Å². The van der Waals surface area contributed by atoms with Crippen LogP contribution >= 0.6 is 9.24 Å². The first-order valence-corrected chi connectivity index (χ1v) is 15.3. The molecule has 0 bridgehead atoms. The molecular weight excluding hydrogens is 567 g/mol. The minimum Gasteiger partial charge on any atom is -0.352 e. The van der Waals surface area contributed by atoms with E-state index in [1.165, 1.54) is 17.7 Å². The highest BCUT2D eigenvalue weighted by Crippen LogP contribution is 2.61. The number of amidine groups is 1. The van der Waals surface area contributed by atoms with Crippen molar-refractivity contribution in [2.24, 2.45) is 22.2 Å². The number of halogens is 4. The van der Waals surface area contributed by atoms with Gasteiger partial charge >= 0.3 is 6.18 Å². The fourth-order valence-electron chi connectivity index (χ4n) is 7.48. The van der Waals surface area contributed by atoms with Gasteiger partial charge < -0.3 is 10.2 Å². The molecule has 2 aliphatic carbocycles. The molecule has 226 valence electrons. The van der Waals surface area contributed by atoms with Gasteiger partial charge in [-0.05, 0) is 111 Å². The lowest BCUT2D eigenvalue weighted by Gasteiger charge is -2.37. The number of rotatable bonds is 7. The van der Waals surface area contributed by atoms with E-state index in [-0.39, 0.29) is 42.4 Å². The van der Waals surface area contributed by atoms with E-state index in [2.05, 4.69) is 29.9 Å². The van der Waals surface area contributed by atoms with Crippen LogP contribution in [0.15, 0.2) is 47.5 Å². The molecule has 6 unspecified atom stereocenters. The zero-order valence-corrected chi connectivity index (χ0v) is 24.7. The highest BCUT2D eigenvalue weighted by Gasteiger charge is 2.62. The first-order valence-electron chi connectivity index (χ1n) is 14.7. The number of carbonyl (C=O) groups excluding carboxylic acids is 1. The monoisotopic (exact) mass is 604 g/mol. The summed E-state index contributed by atoms with van der Waals surface area (Å²) in [6, 6.07) is 10.9. The Morgan fingerprint density at radius 3 is 2.57 bits per heavy atom. The second-order valence-corrected chi connectivity index (χ2v) is 13.1. The quantitative estimate of drug-likeness (QED) is 0.333. The topological polar surface area (TPSA) is 66.0 Å². The standard InChI is InChI=1S/C31H37F4N4O2P/c1-18-37-28(41-38-18)26-15-27(26)30(29(40)36-17-19-12-22(31(33,34)35)14-25(42)13-19)9-6-24(16-30)39-10-7-21(8-11-39)20-2-4-23(32)5-3-20/h2-5,12-14,21,24,26-28H,6-11,15-17,42H2,1H3,(H,36,40)(H,37,38). The summed E-state index contributed by atoms with van der Waals surface area (Å²) in [7, 11) is 2.32. The molecule has 0 aromatic heterocycles. The summed E-state index contributed by atoms with van der Waals surface area (Å²) in [6.45, 7) is 3.71. The van der Waals surface area contributed by atoms with Gasteiger partial charge in [-0.15, -0.1) is 9.24 Å². The summed E-state index contributed by atoms with van der Waals surface area (Å²) in [5.74, 6) is 1.02. The van der Waals surface area contributed by atoms with Crippen LogP contribution in [0.5, 0.6) is 0 Å². The minimum absolute atomic E-state index is 0.0375. The smallest absolute Gasteiger partial charge is 0.352 e. The Hall–Kier alpha value is -2.55. The van der Waals surface area contributed by atoms with Crippen LogP contribution in [0.1, 0.15) is 68.1 Å². The lowest BCUT2D eigenvalue weighted by atomic mass is 9.78. The molecule has 2 aromatic rings. The molecule has 0 radical (unpaired) electrons. The average Bonchev–Trinajstić information content (AvgIpc) is 3.44. The van der Waals surface area contributed by atoms with Crippen LogP contribution in [0.4, 0.5) is 17.6 Å². The van der Waals surface area contributed by atoms with Gasteiger partial charge in [-0.25, -0.2) is 14.2 Å². The zero-order valence-electron chi connectivity index (χ0n) is 23.6. The van der Waals surface area contributed by atoms with Crippen LogP contribution in [-0.2, 0) is 22.4 Å². The molecule has 4 aliphatic rings. The number of nitrogens with one attached hydrogen (secondary N) is 2. The SMILES string of the molecule is CC1=NC(C2CC2C2(C(=O)NCc3cc(P)cc(C(F)(F)F)c3)CCC(N3CCC(c4ccc(F)cc4)CC3)C2)ON1. The molecule has 42 heavy (non-hydrogen) atoms. The van der Waals surface area contributed by atoms with Crippen molar-refractivity contribution in [1.29, 1.82) is 0 Å². The van der Waals surface area contributed by atoms with Gasteiger partial charge in [0.05, 0.1) is 11.0 Å². The molecule has 0 spiro atoms. The number of benzene rings is 2. The summed E-state index contributed by atoms with van der Waals surface area (Å²) < 4.78 is 53.6. The Balaban J connectivity index is 1.15. The summed E-state index contributed by atoms with van der Waals surface area (Å²) in [4.78, 5) is 26.7. The number of aliphatic imine (C=N–C) groups is 1. The minimum atomic E-state index is -4.45. The number of amides is 1. The first kappa shape index (κ1) is 29.5. The zero-order chi connectivity index (χ0) is 29.6. The summed E-state index contributed by atoms with van der Waals surface area (Å²) >= 11 is 0. The van der Waals surface area contributed by atoms with Crippen molar-refractivity contribution in [2.45, 2.75) is 76.4 Å². The molecule has 6 nitrogen and oxygen atoms in total. The lowest BCUT2D eigenvalue weighted by molar-refractivity contribution is -0.137. The van der Waals surface area contributed by atoms with E-state index in [0.717, 1.165) is 63.2 Å². The number of carbonyl (C=O) groups is 1. The fraction of sp³-hybridized carbons (Fsp3) is 0.548. The van der Waals surface area contributed by atoms with Gasteiger partial charge in [0.1, 0.15) is 11.7 Å². The normalized spacial score (nSPS) is 30.2. The van der Waals surface area contributed by atoms with E-state index < -0.39 is 17.2 Å². The number of hydrogen-bond donors (Lipinski definition) is 2. The molecule has 2 aliphatic heterocycles. The van der Waals surface area contributed by atoms with Gasteiger partial charge in [0, 0.05) is 18.5 Å². The lowest BCUT2D eigenvalue weighted by Crippen LogP contribution is -2.45. The van der Waals surface area contributed by atoms with E-state index in [1.807, 2.05) is 19.1 Å². The number of piperidine rings is 1. The van der Waals surface area contributed by atoms with E-state index >= 15 is 0 Å². The molecule has 6 rings (SSSR count). The van der Waals surface area contributed by atoms with Crippen LogP contribution in [0, 0.1) is 23.1 Å². The van der Waals surface area contributed by atoms with E-state index in [0.29, 0.717) is 23.2 Å². The highest BCUT2D eigenvalue weighted by atomic mass is 31.0. The molecular formula is C31H37F4N4O2P.